The van der Waals surface area contributed by atoms with Crippen LogP contribution >= 0.6 is 0 Å². The molecule has 2 bridgehead atoms. The number of allylic oxidation sites excluding steroid dienone is 2. The molecule has 34 heavy (non-hydrogen) atoms. The molecule has 0 amide bonds. The Morgan fingerprint density at radius 3 is 1.41 bits per heavy atom. The molecule has 1 saturated carbocycles. The molecule has 0 radical (unpaired) electrons. The molecule has 0 aromatic heterocycles. The number of hydrogen-bond acceptors (Lipinski definition) is 5. The molecule has 1 heterocycles. The number of carbonyl (C=O) groups is 3. The zero-order valence-electron chi connectivity index (χ0n) is 19.5. The number of rotatable bonds is 2. The molecule has 2 aromatic rings. The van der Waals surface area contributed by atoms with E-state index < -0.39 is 34.6 Å². The molecular weight excluding hydrogens is 428 g/mol. The quantitative estimate of drug-likeness (QED) is 0.476. The molecule has 5 nitrogen and oxygen atoms in total. The van der Waals surface area contributed by atoms with Crippen LogP contribution in [0.2, 0.25) is 0 Å². The number of benzene rings is 2. The Morgan fingerprint density at radius 2 is 1.03 bits per heavy atom. The van der Waals surface area contributed by atoms with Crippen LogP contribution in [0.25, 0.3) is 11.1 Å². The molecule has 0 N–H and O–H groups in total. The highest BCUT2D eigenvalue weighted by Gasteiger charge is 2.76. The maximum atomic E-state index is 14.3. The van der Waals surface area contributed by atoms with E-state index in [0.29, 0.717) is 12.8 Å². The lowest BCUT2D eigenvalue weighted by atomic mass is 9.62. The second kappa shape index (κ2) is 8.39. The number of cyclic esters (lactones) is 2. The molecule has 2 unspecified atom stereocenters. The van der Waals surface area contributed by atoms with Crippen LogP contribution in [0.15, 0.2) is 72.8 Å². The zero-order chi connectivity index (χ0) is 23.9. The first-order valence-corrected chi connectivity index (χ1v) is 11.8. The number of ether oxygens (including phenoxy) is 2. The third-order valence-corrected chi connectivity index (χ3v) is 7.67. The molecule has 5 heteroatoms. The summed E-state index contributed by atoms with van der Waals surface area (Å²) in [6, 6.07) is 19.4. The van der Waals surface area contributed by atoms with Crippen LogP contribution in [0.3, 0.4) is 0 Å². The van der Waals surface area contributed by atoms with Gasteiger partial charge in [0.1, 0.15) is 0 Å². The van der Waals surface area contributed by atoms with Crippen molar-refractivity contribution in [1.29, 1.82) is 0 Å². The van der Waals surface area contributed by atoms with Crippen LogP contribution in [0.1, 0.15) is 37.8 Å². The average Bonchev–Trinajstić information content (AvgIpc) is 3.14. The van der Waals surface area contributed by atoms with Gasteiger partial charge in [-0.1, -0.05) is 72.8 Å². The highest BCUT2D eigenvalue weighted by molar-refractivity contribution is 6.26. The second-order valence-corrected chi connectivity index (χ2v) is 9.55. The monoisotopic (exact) mass is 456 g/mol. The van der Waals surface area contributed by atoms with E-state index in [4.69, 9.17) is 9.47 Å². The summed E-state index contributed by atoms with van der Waals surface area (Å²) in [5.41, 5.74) is 0.892. The minimum atomic E-state index is -1.22. The van der Waals surface area contributed by atoms with Gasteiger partial charge in [0.2, 0.25) is 0 Å². The number of Topliss-reactive ketones (excluding diaryl/α,β-unsaturated/α-hetero) is 1. The van der Waals surface area contributed by atoms with Gasteiger partial charge >= 0.3 is 11.9 Å². The van der Waals surface area contributed by atoms with Crippen LogP contribution in [0, 0.1) is 22.7 Å². The summed E-state index contributed by atoms with van der Waals surface area (Å²) >= 11 is 0. The maximum Gasteiger partial charge on any atom is 0.311 e. The predicted octanol–water partition coefficient (Wildman–Crippen LogP) is 4.88. The molecule has 1 aliphatic heterocycles. The number of esters is 2. The van der Waals surface area contributed by atoms with E-state index in [-0.39, 0.29) is 19.0 Å². The molecule has 1 fully saturated rings. The van der Waals surface area contributed by atoms with Gasteiger partial charge in [-0.2, -0.15) is 0 Å². The van der Waals surface area contributed by atoms with E-state index in [9.17, 15) is 14.4 Å². The first kappa shape index (κ1) is 22.3. The average molecular weight is 457 g/mol. The van der Waals surface area contributed by atoms with Crippen molar-refractivity contribution in [3.8, 4) is 0 Å². The molecule has 0 spiro atoms. The van der Waals surface area contributed by atoms with Crippen molar-refractivity contribution in [1.82, 2.24) is 0 Å². The number of ketones is 1. The molecule has 2 aromatic carbocycles. The zero-order valence-corrected chi connectivity index (χ0v) is 19.5. The highest BCUT2D eigenvalue weighted by Crippen LogP contribution is 2.71. The maximum absolute atomic E-state index is 14.3. The van der Waals surface area contributed by atoms with Gasteiger partial charge in [0.15, 0.2) is 5.78 Å². The fourth-order valence-electron chi connectivity index (χ4n) is 6.26. The molecule has 0 saturated heterocycles. The summed E-state index contributed by atoms with van der Waals surface area (Å²) < 4.78 is 11.3. The van der Waals surface area contributed by atoms with Crippen LogP contribution in [0.5, 0.6) is 0 Å². The Kier molecular flexibility index (Phi) is 5.51. The minimum Gasteiger partial charge on any atom is -0.465 e. The van der Waals surface area contributed by atoms with Gasteiger partial charge in [0.25, 0.3) is 0 Å². The molecule has 2 aliphatic carbocycles. The van der Waals surface area contributed by atoms with Crippen molar-refractivity contribution >= 4 is 28.9 Å². The molecule has 174 valence electrons. The van der Waals surface area contributed by atoms with E-state index >= 15 is 0 Å². The number of hydrogen-bond donors (Lipinski definition) is 0. The van der Waals surface area contributed by atoms with Gasteiger partial charge in [-0.15, -0.1) is 0 Å². The van der Waals surface area contributed by atoms with Gasteiger partial charge in [-0.05, 0) is 49.0 Å². The van der Waals surface area contributed by atoms with Gasteiger partial charge < -0.3 is 9.47 Å². The van der Waals surface area contributed by atoms with E-state index in [2.05, 4.69) is 0 Å². The standard InChI is InChI=1S/C29H28O5/c1-28-21(19-13-7-5-8-14-19)22(20-15-9-6-10-16-20)29(2,27(28)32)24-23(28)25(30)33-17-11-3-4-12-18-34-26(24)31/h3-10,13-16,23-24H,11-12,17-18H2,1-2H3/t23?,24?,28-,29+. The lowest BCUT2D eigenvalue weighted by Gasteiger charge is -2.39. The van der Waals surface area contributed by atoms with E-state index in [0.717, 1.165) is 22.3 Å². The third-order valence-electron chi connectivity index (χ3n) is 7.67. The topological polar surface area (TPSA) is 69.7 Å². The fourth-order valence-corrected chi connectivity index (χ4v) is 6.26. The summed E-state index contributed by atoms with van der Waals surface area (Å²) in [6.45, 7) is 4.03. The van der Waals surface area contributed by atoms with Gasteiger partial charge in [-0.25, -0.2) is 0 Å². The Labute approximate surface area is 199 Å². The number of fused-ring (bicyclic) bond motifs is 5. The fraction of sp³-hybridized carbons (Fsp3) is 0.345. The largest absolute Gasteiger partial charge is 0.465 e. The Morgan fingerprint density at radius 1 is 0.647 bits per heavy atom. The summed E-state index contributed by atoms with van der Waals surface area (Å²) in [4.78, 5) is 41.4. The highest BCUT2D eigenvalue weighted by atomic mass is 16.5. The molecule has 3 aliphatic rings. The van der Waals surface area contributed by atoms with Crippen molar-refractivity contribution in [2.24, 2.45) is 22.7 Å². The Hall–Kier alpha value is -3.47. The van der Waals surface area contributed by atoms with Crippen LogP contribution in [-0.2, 0) is 23.9 Å². The second-order valence-electron chi connectivity index (χ2n) is 9.55. The summed E-state index contributed by atoms with van der Waals surface area (Å²) in [7, 11) is 0. The van der Waals surface area contributed by atoms with E-state index in [1.165, 1.54) is 0 Å². The lowest BCUT2D eigenvalue weighted by molar-refractivity contribution is -0.164. The van der Waals surface area contributed by atoms with Crippen molar-refractivity contribution < 1.29 is 23.9 Å². The van der Waals surface area contributed by atoms with Crippen molar-refractivity contribution in [3.63, 3.8) is 0 Å². The minimum absolute atomic E-state index is 0.130. The van der Waals surface area contributed by atoms with Crippen LogP contribution in [0.4, 0.5) is 0 Å². The van der Waals surface area contributed by atoms with Crippen molar-refractivity contribution in [3.05, 3.63) is 83.9 Å². The van der Waals surface area contributed by atoms with Gasteiger partial charge in [-0.3, -0.25) is 14.4 Å². The van der Waals surface area contributed by atoms with Crippen molar-refractivity contribution in [2.75, 3.05) is 13.2 Å². The lowest BCUT2D eigenvalue weighted by Crippen LogP contribution is -2.44. The number of carbonyl (C=O) groups excluding carboxylic acids is 3. The SMILES string of the molecule is C[C@]12C(=O)[C@](C)(C(c3ccccc3)=C1c1ccccc1)C1C(=O)OCCC=CCCOC(=O)C12. The third kappa shape index (κ3) is 3.10. The summed E-state index contributed by atoms with van der Waals surface area (Å²) in [6.07, 6.45) is 4.99. The Balaban J connectivity index is 1.78. The molecule has 4 atom stereocenters. The van der Waals surface area contributed by atoms with Crippen molar-refractivity contribution in [2.45, 2.75) is 26.7 Å². The predicted molar refractivity (Wildman–Crippen MR) is 128 cm³/mol. The molecule has 5 rings (SSSR count). The first-order chi connectivity index (χ1) is 16.4. The Bertz CT molecular complexity index is 1100. The van der Waals surface area contributed by atoms with Crippen LogP contribution in [-0.4, -0.2) is 30.9 Å². The normalized spacial score (nSPS) is 31.4. The molecular formula is C29H28O5. The van der Waals surface area contributed by atoms with E-state index in [1.54, 1.807) is 13.8 Å². The summed E-state index contributed by atoms with van der Waals surface area (Å²) in [5, 5.41) is 0. The smallest absolute Gasteiger partial charge is 0.311 e. The van der Waals surface area contributed by atoms with Gasteiger partial charge in [0.05, 0.1) is 35.9 Å². The van der Waals surface area contributed by atoms with Crippen LogP contribution < -0.4 is 0 Å². The summed E-state index contributed by atoms with van der Waals surface area (Å²) in [5.74, 6) is -3.08. The first-order valence-electron chi connectivity index (χ1n) is 11.8. The van der Waals surface area contributed by atoms with E-state index in [1.807, 2.05) is 72.8 Å². The van der Waals surface area contributed by atoms with Gasteiger partial charge in [0, 0.05) is 0 Å².